The molecule has 13 heteroatoms. The number of amides is 1. The number of hydrogen-bond acceptors (Lipinski definition) is 7. The van der Waals surface area contributed by atoms with Crippen LogP contribution in [0.1, 0.15) is 73.4 Å². The third-order valence-electron chi connectivity index (χ3n) is 12.3. The number of alkyl halides is 2. The number of nitrogens with one attached hydrogen (secondary N) is 2. The van der Waals surface area contributed by atoms with Crippen molar-refractivity contribution in [3.63, 3.8) is 0 Å². The topological polar surface area (TPSA) is 121 Å². The van der Waals surface area contributed by atoms with Crippen molar-refractivity contribution in [2.75, 3.05) is 55.6 Å². The third kappa shape index (κ3) is 6.79. The Morgan fingerprint density at radius 3 is 2.43 bits per heavy atom. The lowest BCUT2D eigenvalue weighted by Gasteiger charge is -2.60. The number of carbonyl (C=O) groups is 2. The van der Waals surface area contributed by atoms with Crippen LogP contribution < -0.4 is 15.1 Å². The number of hydrogen-bond donors (Lipinski definition) is 3. The van der Waals surface area contributed by atoms with E-state index in [1.165, 1.54) is 0 Å². The monoisotopic (exact) mass is 726 g/mol. The van der Waals surface area contributed by atoms with Gasteiger partial charge in [-0.05, 0) is 91.5 Å². The van der Waals surface area contributed by atoms with Crippen LogP contribution in [0.5, 0.6) is 0 Å². The SMILES string of the molecule is CC(=O)N1CCC(NC2CCC3(CC2)CN(C2CN(c4ccc(C(=O)O)cc4)C2)C3)=C(C(=N)N2CCCc3cc(-c4cnn(C)c4)c(C(F)F)cc32)C1. The second-order valence-corrected chi connectivity index (χ2v) is 15.8. The number of aryl methyl sites for hydroxylation is 2. The van der Waals surface area contributed by atoms with Crippen molar-refractivity contribution in [1.29, 1.82) is 5.41 Å². The minimum absolute atomic E-state index is 0.0330. The second kappa shape index (κ2) is 13.9. The summed E-state index contributed by atoms with van der Waals surface area (Å²) in [5, 5.41) is 26.8. The van der Waals surface area contributed by atoms with E-state index in [0.717, 1.165) is 87.2 Å². The second-order valence-electron chi connectivity index (χ2n) is 15.8. The van der Waals surface area contributed by atoms with Crippen LogP contribution in [0.4, 0.5) is 20.2 Å². The Hall–Kier alpha value is -4.78. The zero-order chi connectivity index (χ0) is 37.0. The number of nitrogens with zero attached hydrogens (tertiary/aromatic N) is 6. The molecule has 0 radical (unpaired) electrons. The quantitative estimate of drug-likeness (QED) is 0.200. The summed E-state index contributed by atoms with van der Waals surface area (Å²) in [4.78, 5) is 32.3. The van der Waals surface area contributed by atoms with Crippen LogP contribution in [-0.2, 0) is 18.3 Å². The number of benzene rings is 2. The molecule has 3 aromatic rings. The number of amidine groups is 1. The molecule has 4 aliphatic heterocycles. The van der Waals surface area contributed by atoms with Gasteiger partial charge in [0.1, 0.15) is 5.84 Å². The van der Waals surface area contributed by atoms with Crippen LogP contribution in [0.25, 0.3) is 11.1 Å². The van der Waals surface area contributed by atoms with E-state index in [1.807, 2.05) is 23.1 Å². The molecule has 53 heavy (non-hydrogen) atoms. The van der Waals surface area contributed by atoms with Gasteiger partial charge >= 0.3 is 5.97 Å². The van der Waals surface area contributed by atoms with Crippen LogP contribution in [-0.4, -0.2) is 100 Å². The van der Waals surface area contributed by atoms with Gasteiger partial charge in [0.05, 0.1) is 18.3 Å². The van der Waals surface area contributed by atoms with Crippen molar-refractivity contribution in [2.24, 2.45) is 12.5 Å². The van der Waals surface area contributed by atoms with Crippen LogP contribution in [0.2, 0.25) is 0 Å². The van der Waals surface area contributed by atoms with Crippen molar-refractivity contribution in [3.8, 4) is 11.1 Å². The molecule has 0 atom stereocenters. The number of anilines is 2. The van der Waals surface area contributed by atoms with Gasteiger partial charge in [0, 0.05) is 112 Å². The molecule has 2 saturated heterocycles. The normalized spacial score (nSPS) is 20.7. The Morgan fingerprint density at radius 2 is 1.79 bits per heavy atom. The van der Waals surface area contributed by atoms with E-state index in [-0.39, 0.29) is 23.3 Å². The van der Waals surface area contributed by atoms with E-state index >= 15 is 0 Å². The van der Waals surface area contributed by atoms with Crippen LogP contribution >= 0.6 is 0 Å². The van der Waals surface area contributed by atoms with Crippen LogP contribution in [0.15, 0.2) is 60.1 Å². The molecule has 5 aliphatic rings. The fourth-order valence-corrected chi connectivity index (χ4v) is 9.17. The first-order valence-corrected chi connectivity index (χ1v) is 18.8. The summed E-state index contributed by atoms with van der Waals surface area (Å²) < 4.78 is 30.7. The maximum Gasteiger partial charge on any atom is 0.335 e. The van der Waals surface area contributed by atoms with Crippen LogP contribution in [0.3, 0.4) is 0 Å². The molecule has 8 rings (SSSR count). The van der Waals surface area contributed by atoms with Crippen molar-refractivity contribution >= 4 is 29.1 Å². The molecule has 2 aromatic carbocycles. The van der Waals surface area contributed by atoms with Crippen LogP contribution in [0, 0.1) is 10.8 Å². The summed E-state index contributed by atoms with van der Waals surface area (Å²) in [6.45, 7) is 7.17. The van der Waals surface area contributed by atoms with Gasteiger partial charge < -0.3 is 25.1 Å². The molecule has 0 bridgehead atoms. The highest BCUT2D eigenvalue weighted by molar-refractivity contribution is 6.09. The van der Waals surface area contributed by atoms with Gasteiger partial charge in [-0.15, -0.1) is 0 Å². The Bertz CT molecular complexity index is 1940. The van der Waals surface area contributed by atoms with Gasteiger partial charge in [-0.3, -0.25) is 19.8 Å². The standard InChI is InChI=1S/C40H48F2N8O3/c1-25(51)47-15-11-35(34(22-47)38(43)50-14-3-4-27-16-32(28-18-44-46(2)19-28)33(37(41)42)17-36(27)50)45-29-9-12-40(13-10-29)23-49(24-40)31-20-48(21-31)30-7-5-26(6-8-30)39(52)53/h5-8,16-19,29,31,37,43,45H,3-4,9-15,20-24H2,1-2H3,(H,52,53). The van der Waals surface area contributed by atoms with E-state index in [4.69, 9.17) is 0 Å². The summed E-state index contributed by atoms with van der Waals surface area (Å²) >= 11 is 0. The molecule has 1 aliphatic carbocycles. The number of carboxylic acid groups (broad SMARTS) is 1. The lowest BCUT2D eigenvalue weighted by atomic mass is 9.66. The van der Waals surface area contributed by atoms with Gasteiger partial charge in [0.2, 0.25) is 5.91 Å². The van der Waals surface area contributed by atoms with Gasteiger partial charge in [-0.1, -0.05) is 0 Å². The highest BCUT2D eigenvalue weighted by Gasteiger charge is 2.49. The predicted molar refractivity (Wildman–Crippen MR) is 200 cm³/mol. The average Bonchev–Trinajstić information content (AvgIpc) is 3.56. The Kier molecular flexibility index (Phi) is 9.24. The minimum Gasteiger partial charge on any atom is -0.478 e. The Labute approximate surface area is 308 Å². The smallest absolute Gasteiger partial charge is 0.335 e. The van der Waals surface area contributed by atoms with E-state index in [0.29, 0.717) is 59.9 Å². The van der Waals surface area contributed by atoms with Crippen molar-refractivity contribution in [2.45, 2.75) is 70.4 Å². The predicted octanol–water partition coefficient (Wildman–Crippen LogP) is 5.68. The van der Waals surface area contributed by atoms with E-state index in [1.54, 1.807) is 54.1 Å². The first kappa shape index (κ1) is 35.3. The number of fused-ring (bicyclic) bond motifs is 1. The van der Waals surface area contributed by atoms with Gasteiger partial charge in [0.25, 0.3) is 6.43 Å². The van der Waals surface area contributed by atoms with E-state index in [2.05, 4.69) is 20.2 Å². The Balaban J connectivity index is 0.930. The zero-order valence-corrected chi connectivity index (χ0v) is 30.5. The molecule has 0 unspecified atom stereocenters. The molecule has 5 heterocycles. The molecule has 11 nitrogen and oxygen atoms in total. The lowest BCUT2D eigenvalue weighted by molar-refractivity contribution is -0.128. The highest BCUT2D eigenvalue weighted by Crippen LogP contribution is 2.46. The fourth-order valence-electron chi connectivity index (χ4n) is 9.17. The van der Waals surface area contributed by atoms with Gasteiger partial charge in [-0.25, -0.2) is 13.6 Å². The average molecular weight is 727 g/mol. The largest absolute Gasteiger partial charge is 0.478 e. The molecule has 1 spiro atoms. The number of likely N-dealkylation sites (tertiary alicyclic amines) is 1. The van der Waals surface area contributed by atoms with Gasteiger partial charge in [-0.2, -0.15) is 5.10 Å². The molecule has 1 aromatic heterocycles. The van der Waals surface area contributed by atoms with Crippen molar-refractivity contribution in [3.05, 3.63) is 76.8 Å². The number of rotatable bonds is 8. The molecule has 3 N–H and O–H groups in total. The highest BCUT2D eigenvalue weighted by atomic mass is 19.3. The fraction of sp³-hybridized carbons (Fsp3) is 0.500. The summed E-state index contributed by atoms with van der Waals surface area (Å²) in [7, 11) is 1.77. The summed E-state index contributed by atoms with van der Waals surface area (Å²) in [6.07, 6.45) is 7.22. The zero-order valence-electron chi connectivity index (χ0n) is 30.5. The van der Waals surface area contributed by atoms with E-state index < -0.39 is 12.4 Å². The third-order valence-corrected chi connectivity index (χ3v) is 12.3. The first-order chi connectivity index (χ1) is 25.5. The maximum absolute atomic E-state index is 14.5. The molecular weight excluding hydrogens is 678 g/mol. The number of aromatic nitrogens is 2. The molecule has 1 amide bonds. The number of carbonyl (C=O) groups excluding carboxylic acids is 1. The first-order valence-electron chi connectivity index (χ1n) is 18.8. The van der Waals surface area contributed by atoms with Crippen molar-refractivity contribution in [1.82, 2.24) is 24.9 Å². The maximum atomic E-state index is 14.5. The molecule has 280 valence electrons. The summed E-state index contributed by atoms with van der Waals surface area (Å²) in [5.41, 5.74) is 6.15. The summed E-state index contributed by atoms with van der Waals surface area (Å²) in [5.74, 6) is -0.658. The van der Waals surface area contributed by atoms with E-state index in [9.17, 15) is 28.9 Å². The molecule has 3 fully saturated rings. The molecular formula is C40H48F2N8O3. The summed E-state index contributed by atoms with van der Waals surface area (Å²) in [6, 6.07) is 11.4. The number of carboxylic acids is 1. The van der Waals surface area contributed by atoms with Gasteiger partial charge in [0.15, 0.2) is 0 Å². The van der Waals surface area contributed by atoms with Crippen molar-refractivity contribution < 1.29 is 23.5 Å². The lowest BCUT2D eigenvalue weighted by Crippen LogP contribution is -2.69. The minimum atomic E-state index is -2.68. The molecule has 1 saturated carbocycles. The number of aromatic carboxylic acids is 1. The number of halogens is 2. The Morgan fingerprint density at radius 1 is 1.06 bits per heavy atom.